The first-order chi connectivity index (χ1) is 7.79. The van der Waals surface area contributed by atoms with Gasteiger partial charge >= 0.3 is 0 Å². The predicted molar refractivity (Wildman–Crippen MR) is 66.6 cm³/mol. The molecule has 0 unspecified atom stereocenters. The minimum absolute atomic E-state index is 0.780. The molecule has 0 heterocycles. The van der Waals surface area contributed by atoms with Crippen LogP contribution < -0.4 is 5.32 Å². The van der Waals surface area contributed by atoms with E-state index in [9.17, 15) is 0 Å². The summed E-state index contributed by atoms with van der Waals surface area (Å²) < 4.78 is 5.11. The molecule has 0 bridgehead atoms. The molecule has 0 amide bonds. The van der Waals surface area contributed by atoms with Crippen molar-refractivity contribution in [3.8, 4) is 0 Å². The van der Waals surface area contributed by atoms with Crippen molar-refractivity contribution in [1.29, 1.82) is 0 Å². The van der Waals surface area contributed by atoms with Gasteiger partial charge in [-0.3, -0.25) is 0 Å². The van der Waals surface area contributed by atoms with Crippen molar-refractivity contribution in [3.63, 3.8) is 0 Å². The Hall–Kier alpha value is -0.860. The molecule has 0 spiro atoms. The fourth-order valence-corrected chi connectivity index (χ4v) is 1.83. The maximum Gasteiger partial charge on any atom is 0.0502 e. The van der Waals surface area contributed by atoms with Crippen LogP contribution in [-0.4, -0.2) is 19.8 Å². The molecular weight excluding hydrogens is 198 g/mol. The summed E-state index contributed by atoms with van der Waals surface area (Å²) in [6.07, 6.45) is 3.71. The highest BCUT2D eigenvalue weighted by Crippen LogP contribution is 2.20. The Bertz CT molecular complexity index is 345. The number of hydrogen-bond donors (Lipinski definition) is 1. The first kappa shape index (κ1) is 11.6. The molecular formula is C14H21NO. The van der Waals surface area contributed by atoms with E-state index in [2.05, 4.69) is 30.4 Å². The molecule has 2 nitrogen and oxygen atoms in total. The number of hydrogen-bond acceptors (Lipinski definition) is 2. The lowest BCUT2D eigenvalue weighted by molar-refractivity contribution is 0.202. The molecule has 1 aromatic carbocycles. The molecule has 1 N–H and O–H groups in total. The Morgan fingerprint density at radius 2 is 2.19 bits per heavy atom. The third kappa shape index (κ3) is 3.32. The van der Waals surface area contributed by atoms with Crippen molar-refractivity contribution in [3.05, 3.63) is 34.9 Å². The quantitative estimate of drug-likeness (QED) is 0.793. The first-order valence-electron chi connectivity index (χ1n) is 6.10. The zero-order valence-corrected chi connectivity index (χ0v) is 10.3. The van der Waals surface area contributed by atoms with E-state index in [1.807, 2.05) is 0 Å². The molecule has 0 saturated heterocycles. The standard InChI is InChI=1S/C14H21NO/c1-11-3-4-12(7-8-16-2)9-13(11)10-15-14-5-6-14/h3-4,9,14-15H,5-8,10H2,1-2H3. The van der Waals surface area contributed by atoms with Crippen LogP contribution >= 0.6 is 0 Å². The number of ether oxygens (including phenoxy) is 1. The van der Waals surface area contributed by atoms with Crippen LogP contribution in [0.15, 0.2) is 18.2 Å². The SMILES string of the molecule is COCCc1ccc(C)c(CNC2CC2)c1. The van der Waals surface area contributed by atoms with Gasteiger partial charge < -0.3 is 10.1 Å². The molecule has 0 radical (unpaired) electrons. The molecule has 2 heteroatoms. The molecule has 0 aromatic heterocycles. The van der Waals surface area contributed by atoms with Gasteiger partial charge in [0.2, 0.25) is 0 Å². The molecule has 1 aliphatic carbocycles. The van der Waals surface area contributed by atoms with Crippen molar-refractivity contribution in [1.82, 2.24) is 5.32 Å². The lowest BCUT2D eigenvalue weighted by Gasteiger charge is -2.09. The summed E-state index contributed by atoms with van der Waals surface area (Å²) in [4.78, 5) is 0. The van der Waals surface area contributed by atoms with Crippen molar-refractivity contribution in [2.24, 2.45) is 0 Å². The monoisotopic (exact) mass is 219 g/mol. The second-order valence-electron chi connectivity index (χ2n) is 4.66. The zero-order chi connectivity index (χ0) is 11.4. The van der Waals surface area contributed by atoms with E-state index in [-0.39, 0.29) is 0 Å². The number of nitrogens with one attached hydrogen (secondary N) is 1. The van der Waals surface area contributed by atoms with E-state index < -0.39 is 0 Å². The van der Waals surface area contributed by atoms with Crippen LogP contribution in [0.1, 0.15) is 29.5 Å². The molecule has 1 saturated carbocycles. The van der Waals surface area contributed by atoms with Gasteiger partial charge in [0.1, 0.15) is 0 Å². The second-order valence-corrected chi connectivity index (χ2v) is 4.66. The van der Waals surface area contributed by atoms with E-state index in [0.717, 1.165) is 25.6 Å². The van der Waals surface area contributed by atoms with E-state index >= 15 is 0 Å². The topological polar surface area (TPSA) is 21.3 Å². The van der Waals surface area contributed by atoms with Crippen LogP contribution in [0.3, 0.4) is 0 Å². The summed E-state index contributed by atoms with van der Waals surface area (Å²) in [5, 5.41) is 3.57. The number of rotatable bonds is 6. The highest BCUT2D eigenvalue weighted by Gasteiger charge is 2.20. The van der Waals surface area contributed by atoms with Gasteiger partial charge in [0, 0.05) is 19.7 Å². The van der Waals surface area contributed by atoms with Crippen molar-refractivity contribution in [2.75, 3.05) is 13.7 Å². The average molecular weight is 219 g/mol. The summed E-state index contributed by atoms with van der Waals surface area (Å²) in [6, 6.07) is 7.51. The van der Waals surface area contributed by atoms with Gasteiger partial charge in [-0.25, -0.2) is 0 Å². The largest absolute Gasteiger partial charge is 0.384 e. The van der Waals surface area contributed by atoms with E-state index in [1.54, 1.807) is 7.11 Å². The van der Waals surface area contributed by atoms with Crippen LogP contribution in [0.5, 0.6) is 0 Å². The van der Waals surface area contributed by atoms with Crippen LogP contribution in [0.25, 0.3) is 0 Å². The molecule has 1 aliphatic rings. The van der Waals surface area contributed by atoms with Gasteiger partial charge in [-0.15, -0.1) is 0 Å². The molecule has 1 fully saturated rings. The summed E-state index contributed by atoms with van der Waals surface area (Å²) in [6.45, 7) is 4.00. The molecule has 16 heavy (non-hydrogen) atoms. The Kier molecular flexibility index (Phi) is 3.97. The number of methoxy groups -OCH3 is 1. The molecule has 88 valence electrons. The van der Waals surface area contributed by atoms with Crippen molar-refractivity contribution >= 4 is 0 Å². The summed E-state index contributed by atoms with van der Waals surface area (Å²) >= 11 is 0. The lowest BCUT2D eigenvalue weighted by Crippen LogP contribution is -2.16. The minimum atomic E-state index is 0.780. The third-order valence-electron chi connectivity index (χ3n) is 3.17. The van der Waals surface area contributed by atoms with Gasteiger partial charge in [0.15, 0.2) is 0 Å². The highest BCUT2D eigenvalue weighted by molar-refractivity contribution is 5.31. The van der Waals surface area contributed by atoms with Gasteiger partial charge in [-0.05, 0) is 42.9 Å². The highest BCUT2D eigenvalue weighted by atomic mass is 16.5. The Morgan fingerprint density at radius 1 is 1.38 bits per heavy atom. The number of benzene rings is 1. The van der Waals surface area contributed by atoms with Crippen LogP contribution in [0.4, 0.5) is 0 Å². The van der Waals surface area contributed by atoms with E-state index in [4.69, 9.17) is 4.74 Å². The number of aryl methyl sites for hydroxylation is 1. The Morgan fingerprint density at radius 3 is 2.88 bits per heavy atom. The van der Waals surface area contributed by atoms with Gasteiger partial charge in [-0.2, -0.15) is 0 Å². The molecule has 2 rings (SSSR count). The summed E-state index contributed by atoms with van der Waals surface area (Å²) in [7, 11) is 1.75. The fraction of sp³-hybridized carbons (Fsp3) is 0.571. The Balaban J connectivity index is 1.96. The molecule has 0 atom stereocenters. The minimum Gasteiger partial charge on any atom is -0.384 e. The maximum absolute atomic E-state index is 5.11. The van der Waals surface area contributed by atoms with E-state index in [0.29, 0.717) is 0 Å². The van der Waals surface area contributed by atoms with Crippen molar-refractivity contribution < 1.29 is 4.74 Å². The Labute approximate surface area is 98.0 Å². The normalized spacial score (nSPS) is 15.4. The maximum atomic E-state index is 5.11. The smallest absolute Gasteiger partial charge is 0.0502 e. The predicted octanol–water partition coefficient (Wildman–Crippen LogP) is 2.44. The van der Waals surface area contributed by atoms with Gasteiger partial charge in [0.25, 0.3) is 0 Å². The average Bonchev–Trinajstić information content (AvgIpc) is 3.10. The third-order valence-corrected chi connectivity index (χ3v) is 3.17. The van der Waals surface area contributed by atoms with Crippen LogP contribution in [-0.2, 0) is 17.7 Å². The molecule has 1 aromatic rings. The van der Waals surface area contributed by atoms with Crippen LogP contribution in [0.2, 0.25) is 0 Å². The van der Waals surface area contributed by atoms with Gasteiger partial charge in [0.05, 0.1) is 6.61 Å². The fourth-order valence-electron chi connectivity index (χ4n) is 1.83. The van der Waals surface area contributed by atoms with Crippen LogP contribution in [0, 0.1) is 6.92 Å². The molecule has 0 aliphatic heterocycles. The summed E-state index contributed by atoms with van der Waals surface area (Å²) in [5.41, 5.74) is 4.19. The summed E-state index contributed by atoms with van der Waals surface area (Å²) in [5.74, 6) is 0. The second kappa shape index (κ2) is 5.46. The lowest BCUT2D eigenvalue weighted by atomic mass is 10.0. The first-order valence-corrected chi connectivity index (χ1v) is 6.10. The van der Waals surface area contributed by atoms with E-state index in [1.165, 1.54) is 29.5 Å². The van der Waals surface area contributed by atoms with Crippen molar-refractivity contribution in [2.45, 2.75) is 38.8 Å². The van der Waals surface area contributed by atoms with Gasteiger partial charge in [-0.1, -0.05) is 18.2 Å². The zero-order valence-electron chi connectivity index (χ0n) is 10.3.